The van der Waals surface area contributed by atoms with Gasteiger partial charge < -0.3 is 9.47 Å². The fraction of sp³-hybridized carbons (Fsp3) is 0.368. The summed E-state index contributed by atoms with van der Waals surface area (Å²) in [7, 11) is 0. The van der Waals surface area contributed by atoms with E-state index < -0.39 is 0 Å². The molecule has 2 aromatic carbocycles. The van der Waals surface area contributed by atoms with Gasteiger partial charge in [-0.05, 0) is 66.4 Å². The summed E-state index contributed by atoms with van der Waals surface area (Å²) in [6, 6.07) is 8.85. The van der Waals surface area contributed by atoms with Crippen molar-refractivity contribution >= 4 is 15.9 Å². The molecule has 3 rings (SSSR count). The second kappa shape index (κ2) is 6.05. The van der Waals surface area contributed by atoms with Gasteiger partial charge in [0.15, 0.2) is 0 Å². The van der Waals surface area contributed by atoms with Crippen LogP contribution in [0.3, 0.4) is 0 Å². The normalized spacial score (nSPS) is 16.7. The molecule has 0 saturated carbocycles. The number of halogens is 1. The number of hydrogen-bond donors (Lipinski definition) is 0. The molecule has 2 aromatic rings. The summed E-state index contributed by atoms with van der Waals surface area (Å²) in [4.78, 5) is 0. The van der Waals surface area contributed by atoms with E-state index in [2.05, 4.69) is 67.9 Å². The molecule has 0 amide bonds. The molecule has 116 valence electrons. The lowest BCUT2D eigenvalue weighted by atomic mass is 9.97. The molecule has 1 aliphatic rings. The standard InChI is InChI=1S/C19H21BrO2/c1-11-5-12(2)7-15(6-11)17-8-13(3)19(14(4)18(17)20)22-10-16-9-21-16/h5-8,16H,9-10H2,1-4H3. The van der Waals surface area contributed by atoms with Crippen molar-refractivity contribution in [2.45, 2.75) is 33.8 Å². The highest BCUT2D eigenvalue weighted by Gasteiger charge is 2.24. The molecule has 0 spiro atoms. The van der Waals surface area contributed by atoms with Gasteiger partial charge in [0, 0.05) is 10.0 Å². The molecule has 1 fully saturated rings. The van der Waals surface area contributed by atoms with Crippen LogP contribution in [0.25, 0.3) is 11.1 Å². The van der Waals surface area contributed by atoms with Crippen molar-refractivity contribution < 1.29 is 9.47 Å². The van der Waals surface area contributed by atoms with Crippen LogP contribution in [0.15, 0.2) is 28.7 Å². The summed E-state index contributed by atoms with van der Waals surface area (Å²) in [5.41, 5.74) is 7.33. The molecule has 22 heavy (non-hydrogen) atoms. The topological polar surface area (TPSA) is 21.8 Å². The Morgan fingerprint density at radius 3 is 2.32 bits per heavy atom. The summed E-state index contributed by atoms with van der Waals surface area (Å²) in [6.45, 7) is 9.94. The molecule has 0 bridgehead atoms. The van der Waals surface area contributed by atoms with Crippen molar-refractivity contribution in [2.75, 3.05) is 13.2 Å². The molecule has 0 radical (unpaired) electrons. The van der Waals surface area contributed by atoms with Gasteiger partial charge in [-0.3, -0.25) is 0 Å². The van der Waals surface area contributed by atoms with Crippen LogP contribution in [0.2, 0.25) is 0 Å². The maximum atomic E-state index is 5.96. The van der Waals surface area contributed by atoms with Gasteiger partial charge in [-0.2, -0.15) is 0 Å². The van der Waals surface area contributed by atoms with Crippen molar-refractivity contribution in [2.24, 2.45) is 0 Å². The monoisotopic (exact) mass is 360 g/mol. The lowest BCUT2D eigenvalue weighted by molar-refractivity contribution is 0.260. The second-order valence-electron chi connectivity index (χ2n) is 6.15. The number of benzene rings is 2. The van der Waals surface area contributed by atoms with Crippen molar-refractivity contribution in [3.63, 3.8) is 0 Å². The van der Waals surface area contributed by atoms with Gasteiger partial charge >= 0.3 is 0 Å². The first-order chi connectivity index (χ1) is 10.5. The zero-order chi connectivity index (χ0) is 15.9. The molecule has 1 unspecified atom stereocenters. The van der Waals surface area contributed by atoms with Crippen molar-refractivity contribution in [3.8, 4) is 16.9 Å². The second-order valence-corrected chi connectivity index (χ2v) is 6.94. The molecule has 1 aliphatic heterocycles. The lowest BCUT2D eigenvalue weighted by Gasteiger charge is -2.17. The predicted octanol–water partition coefficient (Wildman–Crippen LogP) is 5.13. The SMILES string of the molecule is Cc1cc(C)cc(-c2cc(C)c(OCC3CO3)c(C)c2Br)c1. The van der Waals surface area contributed by atoms with E-state index >= 15 is 0 Å². The Morgan fingerprint density at radius 1 is 1.09 bits per heavy atom. The van der Waals surface area contributed by atoms with Crippen molar-refractivity contribution in [1.29, 1.82) is 0 Å². The molecule has 0 N–H and O–H groups in total. The Balaban J connectivity index is 2.01. The number of hydrogen-bond acceptors (Lipinski definition) is 2. The van der Waals surface area contributed by atoms with Crippen LogP contribution in [0.1, 0.15) is 22.3 Å². The third-order valence-electron chi connectivity index (χ3n) is 3.97. The molecule has 1 heterocycles. The number of epoxide rings is 1. The van der Waals surface area contributed by atoms with Crippen LogP contribution >= 0.6 is 15.9 Å². The van der Waals surface area contributed by atoms with E-state index in [0.717, 1.165) is 28.0 Å². The Hall–Kier alpha value is -1.32. The summed E-state index contributed by atoms with van der Waals surface area (Å²) >= 11 is 3.76. The van der Waals surface area contributed by atoms with E-state index in [4.69, 9.17) is 9.47 Å². The molecule has 3 heteroatoms. The maximum absolute atomic E-state index is 5.96. The van der Waals surface area contributed by atoms with Crippen molar-refractivity contribution in [1.82, 2.24) is 0 Å². The fourth-order valence-electron chi connectivity index (χ4n) is 2.85. The highest BCUT2D eigenvalue weighted by molar-refractivity contribution is 9.10. The minimum Gasteiger partial charge on any atom is -0.490 e. The molecule has 1 saturated heterocycles. The largest absolute Gasteiger partial charge is 0.490 e. The Bertz CT molecular complexity index is 698. The summed E-state index contributed by atoms with van der Waals surface area (Å²) in [5.74, 6) is 0.968. The zero-order valence-electron chi connectivity index (χ0n) is 13.5. The highest BCUT2D eigenvalue weighted by atomic mass is 79.9. The van der Waals surface area contributed by atoms with Gasteiger partial charge in [-0.1, -0.05) is 29.3 Å². The Morgan fingerprint density at radius 2 is 1.73 bits per heavy atom. The molecular weight excluding hydrogens is 340 g/mol. The van der Waals surface area contributed by atoms with E-state index in [1.54, 1.807) is 0 Å². The minimum absolute atomic E-state index is 0.275. The number of aryl methyl sites for hydroxylation is 3. The average Bonchev–Trinajstić information content (AvgIpc) is 3.25. The fourth-order valence-corrected chi connectivity index (χ4v) is 3.37. The highest BCUT2D eigenvalue weighted by Crippen LogP contribution is 2.39. The van der Waals surface area contributed by atoms with Gasteiger partial charge in [-0.15, -0.1) is 0 Å². The summed E-state index contributed by atoms with van der Waals surface area (Å²) < 4.78 is 12.3. The smallest absolute Gasteiger partial charge is 0.126 e. The van der Waals surface area contributed by atoms with Gasteiger partial charge in [0.25, 0.3) is 0 Å². The van der Waals surface area contributed by atoms with E-state index in [1.807, 2.05) is 0 Å². The van der Waals surface area contributed by atoms with Crippen LogP contribution in [0.4, 0.5) is 0 Å². The summed E-state index contributed by atoms with van der Waals surface area (Å²) in [6.07, 6.45) is 0.275. The third kappa shape index (κ3) is 3.21. The van der Waals surface area contributed by atoms with Crippen molar-refractivity contribution in [3.05, 3.63) is 51.0 Å². The quantitative estimate of drug-likeness (QED) is 0.705. The third-order valence-corrected chi connectivity index (χ3v) is 5.00. The first-order valence-electron chi connectivity index (χ1n) is 7.58. The van der Waals surface area contributed by atoms with E-state index in [-0.39, 0.29) is 6.10 Å². The van der Waals surface area contributed by atoms with Gasteiger partial charge in [0.2, 0.25) is 0 Å². The molecule has 1 atom stereocenters. The van der Waals surface area contributed by atoms with Crippen LogP contribution in [-0.4, -0.2) is 19.3 Å². The predicted molar refractivity (Wildman–Crippen MR) is 93.8 cm³/mol. The molecule has 0 aliphatic carbocycles. The first kappa shape index (κ1) is 15.6. The zero-order valence-corrected chi connectivity index (χ0v) is 15.1. The van der Waals surface area contributed by atoms with Gasteiger partial charge in [-0.25, -0.2) is 0 Å². The summed E-state index contributed by atoms with van der Waals surface area (Å²) in [5, 5.41) is 0. The van der Waals surface area contributed by atoms with Crippen LogP contribution in [0.5, 0.6) is 5.75 Å². The van der Waals surface area contributed by atoms with Crippen LogP contribution in [0, 0.1) is 27.7 Å². The van der Waals surface area contributed by atoms with E-state index in [0.29, 0.717) is 6.61 Å². The Kier molecular flexibility index (Phi) is 4.28. The minimum atomic E-state index is 0.275. The molecular formula is C19H21BrO2. The van der Waals surface area contributed by atoms with Gasteiger partial charge in [0.05, 0.1) is 6.61 Å². The first-order valence-corrected chi connectivity index (χ1v) is 8.38. The van der Waals surface area contributed by atoms with Crippen LogP contribution < -0.4 is 4.74 Å². The van der Waals surface area contributed by atoms with Gasteiger partial charge in [0.1, 0.15) is 18.5 Å². The Labute approximate surface area is 140 Å². The van der Waals surface area contributed by atoms with E-state index in [9.17, 15) is 0 Å². The number of rotatable bonds is 4. The van der Waals surface area contributed by atoms with Crippen LogP contribution in [-0.2, 0) is 4.74 Å². The average molecular weight is 361 g/mol. The number of ether oxygens (including phenoxy) is 2. The van der Waals surface area contributed by atoms with E-state index in [1.165, 1.54) is 22.3 Å². The maximum Gasteiger partial charge on any atom is 0.126 e. The molecule has 0 aromatic heterocycles. The lowest BCUT2D eigenvalue weighted by Crippen LogP contribution is -2.07. The molecule has 2 nitrogen and oxygen atoms in total.